The van der Waals surface area contributed by atoms with E-state index < -0.39 is 0 Å². The first-order valence-electron chi connectivity index (χ1n) is 7.67. The fourth-order valence-electron chi connectivity index (χ4n) is 3.24. The van der Waals surface area contributed by atoms with Crippen molar-refractivity contribution in [2.45, 2.75) is 26.9 Å². The quantitative estimate of drug-likeness (QED) is 0.644. The van der Waals surface area contributed by atoms with Crippen molar-refractivity contribution in [3.63, 3.8) is 0 Å². The maximum atomic E-state index is 6.25. The Morgan fingerprint density at radius 3 is 2.50 bits per heavy atom. The van der Waals surface area contributed by atoms with Gasteiger partial charge in [0.05, 0.1) is 5.69 Å². The number of anilines is 1. The number of benzene rings is 2. The smallest absolute Gasteiger partial charge is 0.159 e. The van der Waals surface area contributed by atoms with Gasteiger partial charge < -0.3 is 14.2 Å². The van der Waals surface area contributed by atoms with Crippen LogP contribution in [0.5, 0.6) is 0 Å². The standard InChI is InChI=1S/C19H20N2O/c1-12-5-7-15-16-8-6-13(2)18(19(16)22-17(15)11-12)21-10-9-20(4)14(21)3/h5-11,14H,1-4H3/t14-/m0/s1. The van der Waals surface area contributed by atoms with Crippen molar-refractivity contribution in [3.05, 3.63) is 53.9 Å². The molecule has 1 aliphatic heterocycles. The lowest BCUT2D eigenvalue weighted by Gasteiger charge is -2.28. The Morgan fingerprint density at radius 2 is 1.77 bits per heavy atom. The zero-order valence-electron chi connectivity index (χ0n) is 13.4. The van der Waals surface area contributed by atoms with E-state index in [4.69, 9.17) is 4.42 Å². The number of furan rings is 1. The van der Waals surface area contributed by atoms with E-state index in [0.717, 1.165) is 11.2 Å². The average Bonchev–Trinajstić information content (AvgIpc) is 3.00. The number of hydrogen-bond acceptors (Lipinski definition) is 3. The topological polar surface area (TPSA) is 19.6 Å². The van der Waals surface area contributed by atoms with E-state index in [0.29, 0.717) is 6.17 Å². The highest BCUT2D eigenvalue weighted by molar-refractivity contribution is 6.09. The van der Waals surface area contributed by atoms with Crippen LogP contribution in [0.15, 0.2) is 47.1 Å². The third-order valence-corrected chi connectivity index (χ3v) is 4.69. The van der Waals surface area contributed by atoms with Crippen LogP contribution in [0.3, 0.4) is 0 Å². The lowest BCUT2D eigenvalue weighted by atomic mass is 10.1. The Bertz CT molecular complexity index is 907. The van der Waals surface area contributed by atoms with E-state index >= 15 is 0 Å². The zero-order chi connectivity index (χ0) is 15.4. The maximum absolute atomic E-state index is 6.25. The highest BCUT2D eigenvalue weighted by Gasteiger charge is 2.25. The predicted octanol–water partition coefficient (Wildman–Crippen LogP) is 4.77. The van der Waals surface area contributed by atoms with Crippen LogP contribution in [-0.4, -0.2) is 18.1 Å². The Hall–Kier alpha value is -2.42. The molecule has 112 valence electrons. The first kappa shape index (κ1) is 13.3. The van der Waals surface area contributed by atoms with Crippen molar-refractivity contribution in [2.75, 3.05) is 11.9 Å². The molecule has 0 saturated heterocycles. The molecule has 0 unspecified atom stereocenters. The van der Waals surface area contributed by atoms with E-state index in [2.05, 4.69) is 80.4 Å². The highest BCUT2D eigenvalue weighted by atomic mass is 16.3. The molecule has 0 fully saturated rings. The monoisotopic (exact) mass is 292 g/mol. The van der Waals surface area contributed by atoms with Gasteiger partial charge in [0.1, 0.15) is 11.7 Å². The minimum atomic E-state index is 0.291. The van der Waals surface area contributed by atoms with E-state index in [1.807, 2.05) is 0 Å². The molecular weight excluding hydrogens is 272 g/mol. The van der Waals surface area contributed by atoms with Crippen LogP contribution >= 0.6 is 0 Å². The molecule has 22 heavy (non-hydrogen) atoms. The van der Waals surface area contributed by atoms with Gasteiger partial charge in [0.25, 0.3) is 0 Å². The zero-order valence-corrected chi connectivity index (χ0v) is 13.4. The van der Waals surface area contributed by atoms with E-state index in [1.165, 1.54) is 27.6 Å². The molecule has 0 bridgehead atoms. The minimum Gasteiger partial charge on any atom is -0.454 e. The SMILES string of the molecule is Cc1ccc2c(c1)oc1c(N3C=CN(C)[C@@H]3C)c(C)ccc12. The molecule has 3 nitrogen and oxygen atoms in total. The van der Waals surface area contributed by atoms with Gasteiger partial charge in [0.15, 0.2) is 5.58 Å². The fraction of sp³-hybridized carbons (Fsp3) is 0.263. The molecule has 0 spiro atoms. The summed E-state index contributed by atoms with van der Waals surface area (Å²) < 4.78 is 6.25. The van der Waals surface area contributed by atoms with Crippen molar-refractivity contribution < 1.29 is 4.42 Å². The number of rotatable bonds is 1. The summed E-state index contributed by atoms with van der Waals surface area (Å²) in [6.07, 6.45) is 4.53. The van der Waals surface area contributed by atoms with Crippen molar-refractivity contribution in [1.82, 2.24) is 4.90 Å². The van der Waals surface area contributed by atoms with Gasteiger partial charge in [-0.3, -0.25) is 0 Å². The molecule has 0 aliphatic carbocycles. The second kappa shape index (κ2) is 4.54. The van der Waals surface area contributed by atoms with Crippen molar-refractivity contribution in [3.8, 4) is 0 Å². The Morgan fingerprint density at radius 1 is 1.00 bits per heavy atom. The van der Waals surface area contributed by atoms with Crippen LogP contribution < -0.4 is 4.90 Å². The van der Waals surface area contributed by atoms with Crippen LogP contribution in [0.2, 0.25) is 0 Å². The molecule has 0 amide bonds. The third kappa shape index (κ3) is 1.75. The Labute approximate surface area is 130 Å². The van der Waals surface area contributed by atoms with Crippen LogP contribution in [-0.2, 0) is 0 Å². The summed E-state index contributed by atoms with van der Waals surface area (Å²) >= 11 is 0. The second-order valence-electron chi connectivity index (χ2n) is 6.21. The molecule has 0 saturated carbocycles. The normalized spacial score (nSPS) is 18.1. The third-order valence-electron chi connectivity index (χ3n) is 4.69. The molecular formula is C19H20N2O. The minimum absolute atomic E-state index is 0.291. The molecule has 2 heterocycles. The van der Waals surface area contributed by atoms with Gasteiger partial charge in [-0.05, 0) is 38.0 Å². The molecule has 1 atom stereocenters. The lowest BCUT2D eigenvalue weighted by molar-refractivity contribution is 0.383. The van der Waals surface area contributed by atoms with E-state index in [1.54, 1.807) is 0 Å². The summed E-state index contributed by atoms with van der Waals surface area (Å²) in [5.41, 5.74) is 5.56. The first-order chi connectivity index (χ1) is 10.6. The molecule has 3 aromatic rings. The Balaban J connectivity index is 2.03. The van der Waals surface area contributed by atoms with E-state index in [9.17, 15) is 0 Å². The van der Waals surface area contributed by atoms with Gasteiger partial charge in [-0.2, -0.15) is 0 Å². The fourth-order valence-corrected chi connectivity index (χ4v) is 3.24. The van der Waals surface area contributed by atoms with Crippen LogP contribution in [0.25, 0.3) is 21.9 Å². The van der Waals surface area contributed by atoms with Crippen LogP contribution in [0, 0.1) is 13.8 Å². The van der Waals surface area contributed by atoms with Crippen LogP contribution in [0.4, 0.5) is 5.69 Å². The number of hydrogen-bond donors (Lipinski definition) is 0. The summed E-state index contributed by atoms with van der Waals surface area (Å²) in [5, 5.41) is 2.37. The van der Waals surface area contributed by atoms with Gasteiger partial charge in [-0.1, -0.05) is 24.3 Å². The summed E-state index contributed by atoms with van der Waals surface area (Å²) in [4.78, 5) is 4.48. The van der Waals surface area contributed by atoms with Crippen molar-refractivity contribution >= 4 is 27.6 Å². The number of fused-ring (bicyclic) bond motifs is 3. The first-order valence-corrected chi connectivity index (χ1v) is 7.67. The van der Waals surface area contributed by atoms with Gasteiger partial charge in [-0.15, -0.1) is 0 Å². The summed E-state index contributed by atoms with van der Waals surface area (Å²) in [5.74, 6) is 0. The van der Waals surface area contributed by atoms with Gasteiger partial charge >= 0.3 is 0 Å². The Kier molecular flexibility index (Phi) is 2.73. The molecule has 0 N–H and O–H groups in total. The second-order valence-corrected chi connectivity index (χ2v) is 6.21. The molecule has 2 aromatic carbocycles. The van der Waals surface area contributed by atoms with Crippen LogP contribution in [0.1, 0.15) is 18.1 Å². The lowest BCUT2D eigenvalue weighted by Crippen LogP contribution is -2.33. The highest BCUT2D eigenvalue weighted by Crippen LogP contribution is 2.39. The van der Waals surface area contributed by atoms with Gasteiger partial charge in [-0.25, -0.2) is 0 Å². The summed E-state index contributed by atoms with van der Waals surface area (Å²) in [6.45, 7) is 6.44. The molecule has 4 rings (SSSR count). The molecule has 1 aromatic heterocycles. The van der Waals surface area contributed by atoms with E-state index in [-0.39, 0.29) is 0 Å². The maximum Gasteiger partial charge on any atom is 0.159 e. The largest absolute Gasteiger partial charge is 0.454 e. The molecule has 0 radical (unpaired) electrons. The summed E-state index contributed by atoms with van der Waals surface area (Å²) in [6, 6.07) is 10.8. The van der Waals surface area contributed by atoms with Gasteiger partial charge in [0.2, 0.25) is 0 Å². The van der Waals surface area contributed by atoms with Crippen molar-refractivity contribution in [2.24, 2.45) is 0 Å². The number of aryl methyl sites for hydroxylation is 2. The van der Waals surface area contributed by atoms with Crippen molar-refractivity contribution in [1.29, 1.82) is 0 Å². The average molecular weight is 292 g/mol. The number of nitrogens with zero attached hydrogens (tertiary/aromatic N) is 2. The summed E-state index contributed by atoms with van der Waals surface area (Å²) in [7, 11) is 2.10. The van der Waals surface area contributed by atoms with Gasteiger partial charge in [0, 0.05) is 30.2 Å². The molecule has 1 aliphatic rings. The molecule has 3 heteroatoms. The predicted molar refractivity (Wildman–Crippen MR) is 92.0 cm³/mol.